The van der Waals surface area contributed by atoms with Crippen LogP contribution in [0.2, 0.25) is 0 Å². The van der Waals surface area contributed by atoms with Crippen LogP contribution in [0.3, 0.4) is 0 Å². The molecule has 14 atom stereocenters. The number of aromatic hydroxyl groups is 2. The first kappa shape index (κ1) is 81.2. The summed E-state index contributed by atoms with van der Waals surface area (Å²) in [5.74, 6) is -15.8. The van der Waals surface area contributed by atoms with Crippen LogP contribution >= 0.6 is 0 Å². The average Bonchev–Trinajstić information content (AvgIpc) is 0.803. The van der Waals surface area contributed by atoms with Crippen LogP contribution in [0.1, 0.15) is 167 Å². The van der Waals surface area contributed by atoms with Crippen molar-refractivity contribution in [3.8, 4) is 17.2 Å². The van der Waals surface area contributed by atoms with Crippen LogP contribution in [0.25, 0.3) is 0 Å². The van der Waals surface area contributed by atoms with Gasteiger partial charge >= 0.3 is 29.6 Å². The number of carbonyl (C=O) groups excluding carboxylic acids is 13. The first-order valence-electron chi connectivity index (χ1n) is 32.8. The van der Waals surface area contributed by atoms with Gasteiger partial charge in [0.2, 0.25) is 58.9 Å². The van der Waals surface area contributed by atoms with Crippen molar-refractivity contribution in [2.24, 2.45) is 17.6 Å². The van der Waals surface area contributed by atoms with Gasteiger partial charge in [0.05, 0.1) is 61.4 Å². The summed E-state index contributed by atoms with van der Waals surface area (Å²) in [5.41, 5.74) is 0.550. The Hall–Kier alpha value is -7.77. The van der Waals surface area contributed by atoms with E-state index in [9.17, 15) is 108 Å². The third-order valence-corrected chi connectivity index (χ3v) is 18.5. The van der Waals surface area contributed by atoms with E-state index >= 15 is 0 Å². The molecule has 11 unspecified atom stereocenters. The van der Waals surface area contributed by atoms with Crippen LogP contribution in [0.5, 0.6) is 17.2 Å². The predicted molar refractivity (Wildman–Crippen MR) is 337 cm³/mol. The summed E-state index contributed by atoms with van der Waals surface area (Å²) in [6.07, 6.45) is -8.33. The van der Waals surface area contributed by atoms with Crippen molar-refractivity contribution < 1.29 is 152 Å². The zero-order valence-electron chi connectivity index (χ0n) is 56.4. The number of carboxylic acids is 1. The van der Waals surface area contributed by atoms with Crippen molar-refractivity contribution in [2.75, 3.05) is 33.5 Å². The molecule has 2 aromatic carbocycles. The maximum absolute atomic E-state index is 14.4. The second-order valence-electron chi connectivity index (χ2n) is 26.1. The molecule has 0 radical (unpaired) electrons. The fourth-order valence-electron chi connectivity index (χ4n) is 13.3. The minimum absolute atomic E-state index is 0. The number of β-amino-alcohol motifs (C(OH)–C–C–N with tert-alkyl or cyclic N) is 1. The van der Waals surface area contributed by atoms with Crippen LogP contribution in [0.15, 0.2) is 18.2 Å². The Morgan fingerprint density at radius 1 is 0.750 bits per heavy atom. The number of nitrogens with one attached hydrogen (secondary N) is 7. The Kier molecular flexibility index (Phi) is 29.0. The fraction of sp³-hybridized carbons (Fsp3) is 0.615. The molecule has 2 heterocycles. The molecule has 2 aliphatic heterocycles. The molecule has 0 aromatic heterocycles. The van der Waals surface area contributed by atoms with Crippen LogP contribution in [-0.2, 0) is 68.6 Å². The smallest absolute Gasteiger partial charge is 0.550 e. The van der Waals surface area contributed by atoms with Crippen molar-refractivity contribution in [3.05, 3.63) is 51.6 Å². The summed E-state index contributed by atoms with van der Waals surface area (Å²) >= 11 is 0. The molecular weight excluding hydrogens is 1330 g/mol. The summed E-state index contributed by atoms with van der Waals surface area (Å²) in [6.45, 7) is 2.43. The van der Waals surface area contributed by atoms with E-state index in [0.29, 0.717) is 25.7 Å². The Morgan fingerprint density at radius 2 is 1.36 bits per heavy atom. The number of phenols is 2. The predicted octanol–water partition coefficient (Wildman–Crippen LogP) is -8.15. The molecule has 9 amide bonds. The number of ether oxygens (including phenoxy) is 3. The number of nitrogens with zero attached hydrogens (tertiary/aromatic N) is 1. The average molecular weight is 1420 g/mol. The number of nitrogens with two attached hydrogens (primary N) is 1. The Labute approximate surface area is 596 Å². The maximum atomic E-state index is 14.4. The van der Waals surface area contributed by atoms with Gasteiger partial charge in [-0.3, -0.25) is 57.5 Å². The van der Waals surface area contributed by atoms with Gasteiger partial charge in [-0.2, -0.15) is 0 Å². The fourth-order valence-corrected chi connectivity index (χ4v) is 13.3. The minimum atomic E-state index is -2.51. The molecule has 7 rings (SSSR count). The normalized spacial score (nSPS) is 23.6. The van der Waals surface area contributed by atoms with Crippen molar-refractivity contribution >= 4 is 76.5 Å². The Balaban J connectivity index is 0.0000157. The van der Waals surface area contributed by atoms with Gasteiger partial charge < -0.3 is 113 Å². The number of phenolic OH excluding ortho intramolecular Hbond substituents is 2. The molecular formula is C65H88N9NaO25. The number of benzene rings is 2. The third-order valence-electron chi connectivity index (χ3n) is 18.5. The molecule has 100 heavy (non-hydrogen) atoms. The molecule has 2 saturated heterocycles. The number of carboxylic acid groups (broad SMARTS) is 1. The number of Topliss-reactive ketones (excluding diaryl/α,β-unsaturated/α-hetero) is 1. The topological polar surface area (TPSA) is 548 Å². The van der Waals surface area contributed by atoms with E-state index in [2.05, 4.69) is 37.2 Å². The van der Waals surface area contributed by atoms with Crippen molar-refractivity contribution in [1.29, 1.82) is 0 Å². The van der Waals surface area contributed by atoms with E-state index in [1.807, 2.05) is 0 Å². The first-order chi connectivity index (χ1) is 46.8. The van der Waals surface area contributed by atoms with Gasteiger partial charge in [0, 0.05) is 67.7 Å². The summed E-state index contributed by atoms with van der Waals surface area (Å²) in [4.78, 5) is 176. The van der Waals surface area contributed by atoms with Gasteiger partial charge in [-0.1, -0.05) is 45.2 Å². The zero-order chi connectivity index (χ0) is 73.1. The minimum Gasteiger partial charge on any atom is -0.550 e. The number of carbonyl (C=O) groups is 13. The second-order valence-corrected chi connectivity index (χ2v) is 26.1. The zero-order valence-corrected chi connectivity index (χ0v) is 58.4. The van der Waals surface area contributed by atoms with Crippen molar-refractivity contribution in [3.63, 3.8) is 0 Å². The number of hydrogen-bond donors (Lipinski definition) is 16. The van der Waals surface area contributed by atoms with Gasteiger partial charge in [0.15, 0.2) is 17.9 Å². The monoisotopic (exact) mass is 1420 g/mol. The number of aliphatic hydroxyl groups excluding tert-OH is 5. The second kappa shape index (κ2) is 35.7. The van der Waals surface area contributed by atoms with Gasteiger partial charge in [-0.25, -0.2) is 0 Å². The van der Waals surface area contributed by atoms with Crippen molar-refractivity contribution in [2.45, 2.75) is 209 Å². The molecule has 3 aliphatic carbocycles. The van der Waals surface area contributed by atoms with Gasteiger partial charge in [-0.15, -0.1) is 0 Å². The molecule has 5 aliphatic rings. The molecule has 35 heteroatoms. The number of primary amides is 1. The molecule has 0 spiro atoms. The number of amides is 9. The first-order valence-corrected chi connectivity index (χ1v) is 32.8. The van der Waals surface area contributed by atoms with Crippen LogP contribution in [0.4, 0.5) is 0 Å². The summed E-state index contributed by atoms with van der Waals surface area (Å²) < 4.78 is 17.7. The number of hydrogen-bond acceptors (Lipinski definition) is 25. The van der Waals surface area contributed by atoms with Crippen LogP contribution < -0.4 is 82.4 Å². The SMILES string of the molecule is COc1cccc2c1C(=O)c1c(O)c3c(c(O)c1C2=O)C[C@@](O)(C(=O)CO)CC3OC1CC(NC(=O)[C@H](CC(C)C)NC(=O)C(CO)NC(=O)[C@H](CCC(N)=O)NC(=O)C(NC(=O)C(CO)NC(=O)C(C)NC(=O)C2CC(O)CN2C(=O)CCCC(=O)[O-])C2CCCCC2)C(O)C(C)O1.[Na+]. The number of aliphatic hydroxyl groups is 6. The molecule has 1 saturated carbocycles. The largest absolute Gasteiger partial charge is 1.00 e. The van der Waals surface area contributed by atoms with E-state index in [1.165, 1.54) is 39.2 Å². The van der Waals surface area contributed by atoms with Gasteiger partial charge in [0.1, 0.15) is 77.9 Å². The quantitative estimate of drug-likeness (QED) is 0.0210. The Bertz CT molecular complexity index is 3440. The van der Waals surface area contributed by atoms with E-state index in [1.54, 1.807) is 13.8 Å². The Morgan fingerprint density at radius 3 is 1.97 bits per heavy atom. The number of methoxy groups -OCH3 is 1. The van der Waals surface area contributed by atoms with E-state index in [4.69, 9.17) is 19.9 Å². The number of likely N-dealkylation sites (tertiary alicyclic amines) is 1. The van der Waals surface area contributed by atoms with Gasteiger partial charge in [0.25, 0.3) is 0 Å². The summed E-state index contributed by atoms with van der Waals surface area (Å²) in [5, 5.41) is 116. The molecule has 2 aromatic rings. The molecule has 34 nitrogen and oxygen atoms in total. The van der Waals surface area contributed by atoms with E-state index in [0.717, 1.165) is 11.3 Å². The molecule has 17 N–H and O–H groups in total. The third kappa shape index (κ3) is 19.2. The van der Waals surface area contributed by atoms with Crippen molar-refractivity contribution in [1.82, 2.24) is 42.1 Å². The number of aliphatic carboxylic acids is 1. The summed E-state index contributed by atoms with van der Waals surface area (Å²) in [7, 11) is 1.25. The van der Waals surface area contributed by atoms with E-state index in [-0.39, 0.29) is 95.7 Å². The van der Waals surface area contributed by atoms with Gasteiger partial charge in [-0.05, 0) is 70.3 Å². The maximum Gasteiger partial charge on any atom is 1.00 e. The summed E-state index contributed by atoms with van der Waals surface area (Å²) in [6, 6.07) is -8.10. The van der Waals surface area contributed by atoms with E-state index < -0.39 is 248 Å². The molecule has 3 fully saturated rings. The van der Waals surface area contributed by atoms with Crippen LogP contribution in [0, 0.1) is 11.8 Å². The number of rotatable bonds is 31. The van der Waals surface area contributed by atoms with Crippen LogP contribution in [-0.4, -0.2) is 234 Å². The molecule has 544 valence electrons. The number of fused-ring (bicyclic) bond motifs is 3. The standard InChI is InChI=1S/C65H89N9O25.Na/c1-28(2)19-37(60(91)69-36-21-47(98-30(4)53(36)84)99-42-23-65(96,43(79)27-77)22-34-49(42)57(88)51-50(55(34)86)54(85)33-13-9-14-41(97-5)48(33)56(51)87)70-61(92)38(25-75)72-59(90)35(17-18-44(66)80)68-64(95)52(31-11-7-6-8-12-31)73-62(93)39(26-76)71-58(89)29(3)67-63(94)40-20-32(78)24-74(40)45(81)15-10-16-46(82)83;/h9,13-14,28-32,35-40,42,47,52-53,75-78,84,86,88,96H,6-8,10-12,15-27H2,1-5H3,(H2,66,80)(H,67,94)(H,68,95)(H,69,91)(H,70,92)(H,71,89)(H,72,90)(H,73,93)(H,82,83);/q;+1/p-1/t29?,30?,32?,35-,36?,37-,38?,39?,40?,42?,47?,52?,53?,65-;/m0./s1. The number of ketones is 3. The molecule has 0 bridgehead atoms.